The molecule has 0 amide bonds. The number of hydrogen-bond acceptors (Lipinski definition) is 3. The van der Waals surface area contributed by atoms with E-state index in [4.69, 9.17) is 5.73 Å². The summed E-state index contributed by atoms with van der Waals surface area (Å²) in [5, 5.41) is 4.35. The third-order valence-corrected chi connectivity index (χ3v) is 3.41. The Morgan fingerprint density at radius 3 is 2.19 bits per heavy atom. The summed E-state index contributed by atoms with van der Waals surface area (Å²) in [4.78, 5) is 2.20. The molecule has 0 bridgehead atoms. The van der Waals surface area contributed by atoms with Gasteiger partial charge in [0.05, 0.1) is 11.4 Å². The van der Waals surface area contributed by atoms with Crippen LogP contribution >= 0.6 is 0 Å². The maximum atomic E-state index is 6.06. The number of rotatable bonds is 2. The zero-order valence-electron chi connectivity index (χ0n) is 11.5. The minimum absolute atomic E-state index is 0.208. The molecule has 0 spiro atoms. The van der Waals surface area contributed by atoms with Gasteiger partial charge in [-0.15, -0.1) is 0 Å². The third-order valence-electron chi connectivity index (χ3n) is 3.41. The summed E-state index contributed by atoms with van der Waals surface area (Å²) in [7, 11) is 4.01. The molecule has 0 aliphatic carbocycles. The summed E-state index contributed by atoms with van der Waals surface area (Å²) < 4.78 is 1.85. The molecule has 2 N–H and O–H groups in total. The Balaban J connectivity index is 3.10. The maximum absolute atomic E-state index is 6.06. The van der Waals surface area contributed by atoms with Crippen LogP contribution in [-0.4, -0.2) is 22.9 Å². The molecule has 1 heterocycles. The molecule has 92 valence electrons. The van der Waals surface area contributed by atoms with E-state index in [2.05, 4.69) is 44.7 Å². The molecule has 1 aromatic heterocycles. The predicted octanol–water partition coefficient (Wildman–Crippen LogP) is 2.18. The van der Waals surface area contributed by atoms with E-state index in [1.807, 2.05) is 18.7 Å². The summed E-state index contributed by atoms with van der Waals surface area (Å²) in [6.07, 6.45) is 0. The second kappa shape index (κ2) is 4.00. The molecule has 0 fully saturated rings. The zero-order chi connectivity index (χ0) is 12.7. The molecule has 0 aromatic carbocycles. The van der Waals surface area contributed by atoms with E-state index in [0.717, 1.165) is 17.2 Å². The second-order valence-corrected chi connectivity index (χ2v) is 5.60. The van der Waals surface area contributed by atoms with Crippen LogP contribution in [0.5, 0.6) is 0 Å². The molecule has 0 aliphatic heterocycles. The van der Waals surface area contributed by atoms with Gasteiger partial charge in [0.25, 0.3) is 0 Å². The first-order valence-electron chi connectivity index (χ1n) is 5.68. The van der Waals surface area contributed by atoms with Crippen LogP contribution in [-0.2, 0) is 7.05 Å². The zero-order valence-corrected chi connectivity index (χ0v) is 11.5. The predicted molar refractivity (Wildman–Crippen MR) is 69.7 cm³/mol. The van der Waals surface area contributed by atoms with Gasteiger partial charge in [-0.05, 0) is 19.3 Å². The van der Waals surface area contributed by atoms with E-state index in [0.29, 0.717) is 6.04 Å². The second-order valence-electron chi connectivity index (χ2n) is 5.60. The van der Waals surface area contributed by atoms with Crippen molar-refractivity contribution < 1.29 is 0 Å². The molecular formula is C12H24N4. The Morgan fingerprint density at radius 2 is 1.88 bits per heavy atom. The number of nitrogens with two attached hydrogens (primary N) is 1. The summed E-state index contributed by atoms with van der Waals surface area (Å²) in [6.45, 7) is 10.8. The lowest BCUT2D eigenvalue weighted by molar-refractivity contribution is 0.327. The fourth-order valence-electron chi connectivity index (χ4n) is 1.84. The third kappa shape index (κ3) is 2.15. The molecule has 4 nitrogen and oxygen atoms in total. The number of anilines is 2. The topological polar surface area (TPSA) is 47.1 Å². The van der Waals surface area contributed by atoms with Crippen LogP contribution in [0.1, 0.15) is 33.4 Å². The monoisotopic (exact) mass is 224 g/mol. The Labute approximate surface area is 98.4 Å². The van der Waals surface area contributed by atoms with Crippen LogP contribution in [0, 0.1) is 12.3 Å². The van der Waals surface area contributed by atoms with Gasteiger partial charge in [0.1, 0.15) is 5.82 Å². The molecule has 0 aliphatic rings. The standard InChI is InChI=1S/C12H24N4/c1-8-10(13)11(16(7)14-8)15(6)9(2)12(3,4)5/h9H,13H2,1-7H3. The summed E-state index contributed by atoms with van der Waals surface area (Å²) in [6, 6.07) is 0.393. The number of aryl methyl sites for hydroxylation is 2. The van der Waals surface area contributed by atoms with Crippen LogP contribution < -0.4 is 10.6 Å². The van der Waals surface area contributed by atoms with E-state index in [1.165, 1.54) is 0 Å². The Kier molecular flexibility index (Phi) is 3.22. The van der Waals surface area contributed by atoms with Crippen molar-refractivity contribution in [3.05, 3.63) is 5.69 Å². The van der Waals surface area contributed by atoms with Crippen molar-refractivity contribution in [2.75, 3.05) is 17.7 Å². The minimum Gasteiger partial charge on any atom is -0.394 e. The van der Waals surface area contributed by atoms with Crippen molar-refractivity contribution in [2.45, 2.75) is 40.7 Å². The van der Waals surface area contributed by atoms with Gasteiger partial charge < -0.3 is 10.6 Å². The van der Waals surface area contributed by atoms with E-state index >= 15 is 0 Å². The van der Waals surface area contributed by atoms with Gasteiger partial charge in [0, 0.05) is 20.1 Å². The SMILES string of the molecule is Cc1nn(C)c(N(C)C(C)C(C)(C)C)c1N. The van der Waals surface area contributed by atoms with Crippen molar-refractivity contribution in [3.8, 4) is 0 Å². The number of nitrogen functional groups attached to an aromatic ring is 1. The lowest BCUT2D eigenvalue weighted by Gasteiger charge is -2.36. The van der Waals surface area contributed by atoms with Gasteiger partial charge in [-0.25, -0.2) is 0 Å². The van der Waals surface area contributed by atoms with Crippen LogP contribution in [0.15, 0.2) is 0 Å². The molecule has 0 saturated carbocycles. The maximum Gasteiger partial charge on any atom is 0.150 e. The lowest BCUT2D eigenvalue weighted by Crippen LogP contribution is -2.40. The van der Waals surface area contributed by atoms with Gasteiger partial charge in [-0.2, -0.15) is 5.10 Å². The average molecular weight is 224 g/mol. The van der Waals surface area contributed by atoms with Crippen molar-refractivity contribution in [3.63, 3.8) is 0 Å². The van der Waals surface area contributed by atoms with Gasteiger partial charge in [-0.3, -0.25) is 4.68 Å². The largest absolute Gasteiger partial charge is 0.394 e. The molecular weight excluding hydrogens is 200 g/mol. The summed E-state index contributed by atoms with van der Waals surface area (Å²) in [5.41, 5.74) is 7.94. The normalized spacial score (nSPS) is 13.9. The molecule has 4 heteroatoms. The highest BCUT2D eigenvalue weighted by molar-refractivity contribution is 5.66. The summed E-state index contributed by atoms with van der Waals surface area (Å²) >= 11 is 0. The Hall–Kier alpha value is -1.19. The van der Waals surface area contributed by atoms with Gasteiger partial charge in [0.2, 0.25) is 0 Å². The fourth-order valence-corrected chi connectivity index (χ4v) is 1.84. The minimum atomic E-state index is 0.208. The van der Waals surface area contributed by atoms with Crippen LogP contribution in [0.3, 0.4) is 0 Å². The smallest absolute Gasteiger partial charge is 0.150 e. The quantitative estimate of drug-likeness (QED) is 0.837. The van der Waals surface area contributed by atoms with E-state index in [1.54, 1.807) is 0 Å². The molecule has 1 rings (SSSR count). The van der Waals surface area contributed by atoms with Crippen molar-refractivity contribution >= 4 is 11.5 Å². The molecule has 1 unspecified atom stereocenters. The number of hydrogen-bond donors (Lipinski definition) is 1. The fraction of sp³-hybridized carbons (Fsp3) is 0.750. The molecule has 0 saturated heterocycles. The average Bonchev–Trinajstić information content (AvgIpc) is 2.38. The number of aromatic nitrogens is 2. The number of nitrogens with zero attached hydrogens (tertiary/aromatic N) is 3. The van der Waals surface area contributed by atoms with Crippen molar-refractivity contribution in [1.29, 1.82) is 0 Å². The van der Waals surface area contributed by atoms with Crippen LogP contribution in [0.2, 0.25) is 0 Å². The van der Waals surface area contributed by atoms with Gasteiger partial charge in [0.15, 0.2) is 0 Å². The van der Waals surface area contributed by atoms with E-state index in [9.17, 15) is 0 Å². The first-order chi connectivity index (χ1) is 7.16. The molecule has 0 radical (unpaired) electrons. The summed E-state index contributed by atoms with van der Waals surface area (Å²) in [5.74, 6) is 1.000. The Morgan fingerprint density at radius 1 is 1.38 bits per heavy atom. The van der Waals surface area contributed by atoms with Crippen LogP contribution in [0.25, 0.3) is 0 Å². The molecule has 1 aromatic rings. The highest BCUT2D eigenvalue weighted by atomic mass is 15.4. The van der Waals surface area contributed by atoms with Crippen molar-refractivity contribution in [1.82, 2.24) is 9.78 Å². The van der Waals surface area contributed by atoms with Gasteiger partial charge >= 0.3 is 0 Å². The van der Waals surface area contributed by atoms with E-state index < -0.39 is 0 Å². The highest BCUT2D eigenvalue weighted by Crippen LogP contribution is 2.31. The molecule has 1 atom stereocenters. The van der Waals surface area contributed by atoms with Crippen LogP contribution in [0.4, 0.5) is 11.5 Å². The Bertz CT molecular complexity index is 373. The van der Waals surface area contributed by atoms with Gasteiger partial charge in [-0.1, -0.05) is 20.8 Å². The van der Waals surface area contributed by atoms with Crippen molar-refractivity contribution in [2.24, 2.45) is 12.5 Å². The molecule has 16 heavy (non-hydrogen) atoms. The first-order valence-corrected chi connectivity index (χ1v) is 5.68. The lowest BCUT2D eigenvalue weighted by atomic mass is 9.87. The van der Waals surface area contributed by atoms with E-state index in [-0.39, 0.29) is 5.41 Å². The highest BCUT2D eigenvalue weighted by Gasteiger charge is 2.27. The first kappa shape index (κ1) is 12.9.